The topological polar surface area (TPSA) is 67.2 Å². The van der Waals surface area contributed by atoms with E-state index in [0.717, 1.165) is 5.69 Å². The van der Waals surface area contributed by atoms with Gasteiger partial charge < -0.3 is 5.73 Å². The molecule has 96 valence electrons. The second-order valence-electron chi connectivity index (χ2n) is 4.22. The lowest BCUT2D eigenvalue weighted by Crippen LogP contribution is -2.43. The standard InChI is InChI=1S/C12H19N3O.HI/c1-9(2)8-11(13)12(16)15-14-10-6-4-3-5-7-10;/h3-7,9,11,14H,8,13H2,1-2H3,(H,15,16);1H/t11-;/m0./s1. The highest BCUT2D eigenvalue weighted by molar-refractivity contribution is 14.0. The molecule has 1 aromatic carbocycles. The molecule has 0 aliphatic rings. The minimum Gasteiger partial charge on any atom is -0.320 e. The summed E-state index contributed by atoms with van der Waals surface area (Å²) in [4.78, 5) is 11.6. The molecule has 0 saturated carbocycles. The molecule has 1 atom stereocenters. The fourth-order valence-corrected chi connectivity index (χ4v) is 1.36. The number of hydrazine groups is 1. The summed E-state index contributed by atoms with van der Waals surface area (Å²) < 4.78 is 0. The smallest absolute Gasteiger partial charge is 0.255 e. The number of hydrogen-bond donors (Lipinski definition) is 3. The van der Waals surface area contributed by atoms with Crippen molar-refractivity contribution in [2.24, 2.45) is 11.7 Å². The highest BCUT2D eigenvalue weighted by atomic mass is 127. The molecule has 0 aromatic heterocycles. The van der Waals surface area contributed by atoms with E-state index < -0.39 is 6.04 Å². The lowest BCUT2D eigenvalue weighted by molar-refractivity contribution is -0.122. The highest BCUT2D eigenvalue weighted by Crippen LogP contribution is 2.04. The highest BCUT2D eigenvalue weighted by Gasteiger charge is 2.14. The number of nitrogens with one attached hydrogen (secondary N) is 2. The molecule has 0 aliphatic carbocycles. The number of anilines is 1. The molecule has 1 aromatic rings. The van der Waals surface area contributed by atoms with E-state index in [9.17, 15) is 4.79 Å². The molecule has 0 heterocycles. The zero-order valence-electron chi connectivity index (χ0n) is 10.1. The van der Waals surface area contributed by atoms with E-state index in [2.05, 4.69) is 10.9 Å². The predicted octanol–water partition coefficient (Wildman–Crippen LogP) is 2.12. The van der Waals surface area contributed by atoms with Gasteiger partial charge >= 0.3 is 0 Å². The monoisotopic (exact) mass is 349 g/mol. The number of carbonyl (C=O) groups excluding carboxylic acids is 1. The van der Waals surface area contributed by atoms with Gasteiger partial charge in [0.05, 0.1) is 11.7 Å². The number of rotatable bonds is 5. The Bertz CT molecular complexity index is 330. The molecule has 4 N–H and O–H groups in total. The number of hydrogen-bond acceptors (Lipinski definition) is 3. The Morgan fingerprint density at radius 2 is 1.88 bits per heavy atom. The summed E-state index contributed by atoms with van der Waals surface area (Å²) in [7, 11) is 0. The molecule has 17 heavy (non-hydrogen) atoms. The first-order chi connectivity index (χ1) is 7.59. The fourth-order valence-electron chi connectivity index (χ4n) is 1.36. The Morgan fingerprint density at radius 1 is 1.29 bits per heavy atom. The minimum absolute atomic E-state index is 0. The lowest BCUT2D eigenvalue weighted by Gasteiger charge is -2.15. The summed E-state index contributed by atoms with van der Waals surface area (Å²) in [5.41, 5.74) is 12.0. The summed E-state index contributed by atoms with van der Waals surface area (Å²) in [5.74, 6) is 0.232. The van der Waals surface area contributed by atoms with Crippen LogP contribution in [0.15, 0.2) is 30.3 Å². The third kappa shape index (κ3) is 6.48. The van der Waals surface area contributed by atoms with Gasteiger partial charge in [-0.1, -0.05) is 32.0 Å². The first kappa shape index (κ1) is 16.2. The van der Waals surface area contributed by atoms with Gasteiger partial charge in [-0.15, -0.1) is 24.0 Å². The van der Waals surface area contributed by atoms with Gasteiger partial charge in [-0.3, -0.25) is 15.6 Å². The second-order valence-corrected chi connectivity index (χ2v) is 4.22. The lowest BCUT2D eigenvalue weighted by atomic mass is 10.0. The summed E-state index contributed by atoms with van der Waals surface area (Å²) in [6.07, 6.45) is 0.683. The molecular formula is C12H20IN3O. The Hall–Kier alpha value is -0.820. The zero-order chi connectivity index (χ0) is 12.0. The van der Waals surface area contributed by atoms with E-state index in [1.54, 1.807) is 0 Å². The van der Waals surface area contributed by atoms with Crippen molar-refractivity contribution in [1.82, 2.24) is 5.43 Å². The Morgan fingerprint density at radius 3 is 2.41 bits per heavy atom. The van der Waals surface area contributed by atoms with E-state index in [1.165, 1.54) is 0 Å². The first-order valence-corrected chi connectivity index (χ1v) is 5.46. The van der Waals surface area contributed by atoms with E-state index in [1.807, 2.05) is 44.2 Å². The number of carbonyl (C=O) groups is 1. The van der Waals surface area contributed by atoms with Crippen LogP contribution in [0.25, 0.3) is 0 Å². The Balaban J connectivity index is 0.00000256. The van der Waals surface area contributed by atoms with Gasteiger partial charge in [-0.2, -0.15) is 0 Å². The number of benzene rings is 1. The molecule has 0 fully saturated rings. The molecule has 0 aliphatic heterocycles. The van der Waals surface area contributed by atoms with Crippen molar-refractivity contribution < 1.29 is 4.79 Å². The van der Waals surface area contributed by atoms with Crippen molar-refractivity contribution in [1.29, 1.82) is 0 Å². The maximum atomic E-state index is 11.6. The SMILES string of the molecule is CC(C)C[C@H](N)C(=O)NNc1ccccc1.I. The van der Waals surface area contributed by atoms with Crippen molar-refractivity contribution >= 4 is 35.6 Å². The maximum absolute atomic E-state index is 11.6. The fraction of sp³-hybridized carbons (Fsp3) is 0.417. The minimum atomic E-state index is -0.462. The summed E-state index contributed by atoms with van der Waals surface area (Å²) >= 11 is 0. The van der Waals surface area contributed by atoms with Crippen molar-refractivity contribution in [3.63, 3.8) is 0 Å². The third-order valence-electron chi connectivity index (χ3n) is 2.17. The van der Waals surface area contributed by atoms with Gasteiger partial charge in [-0.25, -0.2) is 0 Å². The number of halogens is 1. The average molecular weight is 349 g/mol. The summed E-state index contributed by atoms with van der Waals surface area (Å²) in [6, 6.07) is 8.97. The Labute approximate surface area is 119 Å². The van der Waals surface area contributed by atoms with Crippen LogP contribution in [0.2, 0.25) is 0 Å². The predicted molar refractivity (Wildman–Crippen MR) is 81.1 cm³/mol. The van der Waals surface area contributed by atoms with Crippen molar-refractivity contribution in [2.75, 3.05) is 5.43 Å². The van der Waals surface area contributed by atoms with E-state index in [-0.39, 0.29) is 29.9 Å². The Kier molecular flexibility index (Phi) is 7.90. The number of nitrogens with two attached hydrogens (primary N) is 1. The normalized spacial score (nSPS) is 11.5. The molecule has 1 rings (SSSR count). The van der Waals surface area contributed by atoms with Crippen molar-refractivity contribution in [3.05, 3.63) is 30.3 Å². The van der Waals surface area contributed by atoms with Crippen LogP contribution >= 0.6 is 24.0 Å². The van der Waals surface area contributed by atoms with E-state index >= 15 is 0 Å². The largest absolute Gasteiger partial charge is 0.320 e. The molecule has 0 saturated heterocycles. The van der Waals surface area contributed by atoms with E-state index in [4.69, 9.17) is 5.73 Å². The molecule has 1 amide bonds. The molecule has 0 bridgehead atoms. The molecule has 0 unspecified atom stereocenters. The number of amides is 1. The van der Waals surface area contributed by atoms with Crippen LogP contribution in [0, 0.1) is 5.92 Å². The quantitative estimate of drug-likeness (QED) is 0.564. The third-order valence-corrected chi connectivity index (χ3v) is 2.17. The first-order valence-electron chi connectivity index (χ1n) is 5.46. The average Bonchev–Trinajstić information content (AvgIpc) is 2.26. The molecule has 0 spiro atoms. The zero-order valence-corrected chi connectivity index (χ0v) is 12.5. The second kappa shape index (κ2) is 8.30. The van der Waals surface area contributed by atoms with Crippen LogP contribution in [0.4, 0.5) is 5.69 Å². The van der Waals surface area contributed by atoms with E-state index in [0.29, 0.717) is 12.3 Å². The van der Waals surface area contributed by atoms with Crippen molar-refractivity contribution in [2.45, 2.75) is 26.3 Å². The molecular weight excluding hydrogens is 329 g/mol. The molecule has 5 heteroatoms. The van der Waals surface area contributed by atoms with Crippen LogP contribution in [-0.2, 0) is 4.79 Å². The summed E-state index contributed by atoms with van der Waals surface area (Å²) in [5, 5.41) is 0. The van der Waals surface area contributed by atoms with Crippen LogP contribution in [0.3, 0.4) is 0 Å². The van der Waals surface area contributed by atoms with Gasteiger partial charge in [0.15, 0.2) is 0 Å². The van der Waals surface area contributed by atoms with Gasteiger partial charge in [0, 0.05) is 0 Å². The van der Waals surface area contributed by atoms with Gasteiger partial charge in [0.2, 0.25) is 0 Å². The van der Waals surface area contributed by atoms with Crippen molar-refractivity contribution in [3.8, 4) is 0 Å². The van der Waals surface area contributed by atoms with Crippen LogP contribution < -0.4 is 16.6 Å². The molecule has 0 radical (unpaired) electrons. The summed E-state index contributed by atoms with van der Waals surface area (Å²) in [6.45, 7) is 4.08. The van der Waals surface area contributed by atoms with Gasteiger partial charge in [0.25, 0.3) is 5.91 Å². The van der Waals surface area contributed by atoms with Gasteiger partial charge in [0.1, 0.15) is 0 Å². The maximum Gasteiger partial charge on any atom is 0.255 e. The van der Waals surface area contributed by atoms with Crippen LogP contribution in [-0.4, -0.2) is 11.9 Å². The number of para-hydroxylation sites is 1. The molecule has 4 nitrogen and oxygen atoms in total. The van der Waals surface area contributed by atoms with Crippen LogP contribution in [0.1, 0.15) is 20.3 Å². The van der Waals surface area contributed by atoms with Gasteiger partial charge in [-0.05, 0) is 24.5 Å². The van der Waals surface area contributed by atoms with Crippen LogP contribution in [0.5, 0.6) is 0 Å².